The zero-order chi connectivity index (χ0) is 14.8. The molecule has 0 aliphatic carbocycles. The van der Waals surface area contributed by atoms with Crippen LogP contribution in [0.4, 0.5) is 4.79 Å². The number of aldehydes is 1. The van der Waals surface area contributed by atoms with E-state index in [0.717, 1.165) is 18.3 Å². The largest absolute Gasteiger partial charge is 0.444 e. The summed E-state index contributed by atoms with van der Waals surface area (Å²) in [6.45, 7) is 5.48. The van der Waals surface area contributed by atoms with E-state index in [0.29, 0.717) is 6.42 Å². The van der Waals surface area contributed by atoms with E-state index >= 15 is 0 Å². The van der Waals surface area contributed by atoms with Crippen LogP contribution in [0, 0.1) is 0 Å². The van der Waals surface area contributed by atoms with Crippen molar-refractivity contribution in [2.24, 2.45) is 0 Å². The van der Waals surface area contributed by atoms with Gasteiger partial charge in [0, 0.05) is 0 Å². The van der Waals surface area contributed by atoms with Gasteiger partial charge in [-0.15, -0.1) is 0 Å². The SMILES string of the molecule is CC(C)(C)OC(=O)N1[C@H](C=O)CC[C@@H]1c1ccccc1. The predicted molar refractivity (Wildman–Crippen MR) is 76.3 cm³/mol. The third-order valence-corrected chi connectivity index (χ3v) is 3.37. The zero-order valence-corrected chi connectivity index (χ0v) is 12.2. The summed E-state index contributed by atoms with van der Waals surface area (Å²) >= 11 is 0. The maximum Gasteiger partial charge on any atom is 0.411 e. The lowest BCUT2D eigenvalue weighted by Gasteiger charge is -2.31. The third kappa shape index (κ3) is 3.18. The van der Waals surface area contributed by atoms with Gasteiger partial charge in [-0.3, -0.25) is 4.90 Å². The topological polar surface area (TPSA) is 46.6 Å². The Morgan fingerprint density at radius 1 is 1.25 bits per heavy atom. The molecule has 0 bridgehead atoms. The van der Waals surface area contributed by atoms with Crippen LogP contribution in [0.2, 0.25) is 0 Å². The van der Waals surface area contributed by atoms with Crippen molar-refractivity contribution in [3.63, 3.8) is 0 Å². The van der Waals surface area contributed by atoms with Gasteiger partial charge >= 0.3 is 6.09 Å². The molecule has 1 aromatic rings. The molecule has 4 nitrogen and oxygen atoms in total. The van der Waals surface area contributed by atoms with Gasteiger partial charge in [-0.05, 0) is 39.2 Å². The Morgan fingerprint density at radius 3 is 2.45 bits per heavy atom. The number of nitrogens with zero attached hydrogens (tertiary/aromatic N) is 1. The second-order valence-corrected chi connectivity index (χ2v) is 6.09. The number of hydrogen-bond donors (Lipinski definition) is 0. The number of hydrogen-bond acceptors (Lipinski definition) is 3. The Labute approximate surface area is 119 Å². The summed E-state index contributed by atoms with van der Waals surface area (Å²) in [6, 6.07) is 9.31. The Kier molecular flexibility index (Phi) is 4.12. The number of carbonyl (C=O) groups excluding carboxylic acids is 2. The first kappa shape index (κ1) is 14.6. The zero-order valence-electron chi connectivity index (χ0n) is 12.2. The van der Waals surface area contributed by atoms with E-state index in [4.69, 9.17) is 4.74 Å². The minimum absolute atomic E-state index is 0.0822. The maximum absolute atomic E-state index is 12.4. The normalized spacial score (nSPS) is 22.6. The molecule has 0 unspecified atom stereocenters. The summed E-state index contributed by atoms with van der Waals surface area (Å²) in [4.78, 5) is 25.2. The standard InChI is InChI=1S/C16H21NO3/c1-16(2,3)20-15(19)17-13(11-18)9-10-14(17)12-7-5-4-6-8-12/h4-8,11,13-14H,9-10H2,1-3H3/t13-,14+/m0/s1. The van der Waals surface area contributed by atoms with Crippen LogP contribution in [-0.2, 0) is 9.53 Å². The first-order valence-corrected chi connectivity index (χ1v) is 6.94. The molecule has 1 aliphatic rings. The van der Waals surface area contributed by atoms with Crippen molar-refractivity contribution in [3.05, 3.63) is 35.9 Å². The van der Waals surface area contributed by atoms with Gasteiger partial charge in [0.05, 0.1) is 12.1 Å². The van der Waals surface area contributed by atoms with Gasteiger partial charge < -0.3 is 9.53 Å². The van der Waals surface area contributed by atoms with Gasteiger partial charge in [0.15, 0.2) is 0 Å². The summed E-state index contributed by atoms with van der Waals surface area (Å²) < 4.78 is 5.43. The van der Waals surface area contributed by atoms with E-state index in [2.05, 4.69) is 0 Å². The van der Waals surface area contributed by atoms with Crippen molar-refractivity contribution in [2.75, 3.05) is 0 Å². The smallest absolute Gasteiger partial charge is 0.411 e. The molecule has 0 N–H and O–H groups in total. The molecule has 0 saturated carbocycles. The lowest BCUT2D eigenvalue weighted by molar-refractivity contribution is -0.112. The molecule has 1 heterocycles. The molecule has 1 aromatic carbocycles. The number of amides is 1. The number of benzene rings is 1. The van der Waals surface area contributed by atoms with E-state index in [1.807, 2.05) is 51.1 Å². The van der Waals surface area contributed by atoms with Gasteiger partial charge in [-0.2, -0.15) is 0 Å². The van der Waals surface area contributed by atoms with Crippen molar-refractivity contribution in [2.45, 2.75) is 51.3 Å². The fraction of sp³-hybridized carbons (Fsp3) is 0.500. The van der Waals surface area contributed by atoms with Crippen LogP contribution < -0.4 is 0 Å². The predicted octanol–water partition coefficient (Wildman–Crippen LogP) is 3.33. The Morgan fingerprint density at radius 2 is 1.90 bits per heavy atom. The minimum atomic E-state index is -0.561. The summed E-state index contributed by atoms with van der Waals surface area (Å²) in [6.07, 6.45) is 1.89. The van der Waals surface area contributed by atoms with Gasteiger partial charge in [-0.25, -0.2) is 4.79 Å². The molecule has 0 radical (unpaired) electrons. The summed E-state index contributed by atoms with van der Waals surface area (Å²) in [5.74, 6) is 0. The molecule has 1 amide bonds. The molecule has 1 saturated heterocycles. The van der Waals surface area contributed by atoms with Crippen molar-refractivity contribution >= 4 is 12.4 Å². The lowest BCUT2D eigenvalue weighted by Crippen LogP contribution is -2.41. The van der Waals surface area contributed by atoms with E-state index in [1.54, 1.807) is 4.90 Å². The number of rotatable bonds is 2. The van der Waals surface area contributed by atoms with Crippen molar-refractivity contribution < 1.29 is 14.3 Å². The minimum Gasteiger partial charge on any atom is -0.444 e. The quantitative estimate of drug-likeness (QED) is 0.778. The molecule has 1 fully saturated rings. The van der Waals surface area contributed by atoms with Gasteiger partial charge in [0.2, 0.25) is 0 Å². The highest BCUT2D eigenvalue weighted by molar-refractivity contribution is 5.75. The molecule has 108 valence electrons. The summed E-state index contributed by atoms with van der Waals surface area (Å²) in [5, 5.41) is 0. The van der Waals surface area contributed by atoms with Crippen LogP contribution >= 0.6 is 0 Å². The van der Waals surface area contributed by atoms with Crippen LogP contribution in [0.25, 0.3) is 0 Å². The second-order valence-electron chi connectivity index (χ2n) is 6.09. The molecule has 4 heteroatoms. The second kappa shape index (κ2) is 5.65. The molecule has 0 aromatic heterocycles. The summed E-state index contributed by atoms with van der Waals surface area (Å²) in [5.41, 5.74) is 0.483. The van der Waals surface area contributed by atoms with E-state index in [-0.39, 0.29) is 6.04 Å². The first-order valence-electron chi connectivity index (χ1n) is 6.94. The van der Waals surface area contributed by atoms with Crippen LogP contribution in [-0.4, -0.2) is 28.9 Å². The molecule has 2 atom stereocenters. The van der Waals surface area contributed by atoms with Gasteiger partial charge in [-0.1, -0.05) is 30.3 Å². The van der Waals surface area contributed by atoms with Crippen LogP contribution in [0.15, 0.2) is 30.3 Å². The first-order chi connectivity index (χ1) is 9.42. The van der Waals surface area contributed by atoms with Crippen LogP contribution in [0.3, 0.4) is 0 Å². The average molecular weight is 275 g/mol. The van der Waals surface area contributed by atoms with Crippen LogP contribution in [0.1, 0.15) is 45.2 Å². The average Bonchev–Trinajstić information content (AvgIpc) is 2.81. The summed E-state index contributed by atoms with van der Waals surface area (Å²) in [7, 11) is 0. The van der Waals surface area contributed by atoms with Crippen molar-refractivity contribution in [1.82, 2.24) is 4.90 Å². The number of carbonyl (C=O) groups is 2. The Balaban J connectivity index is 2.24. The van der Waals surface area contributed by atoms with Crippen molar-refractivity contribution in [1.29, 1.82) is 0 Å². The number of likely N-dealkylation sites (tertiary alicyclic amines) is 1. The van der Waals surface area contributed by atoms with Gasteiger partial charge in [0.1, 0.15) is 11.9 Å². The monoisotopic (exact) mass is 275 g/mol. The van der Waals surface area contributed by atoms with Crippen LogP contribution in [0.5, 0.6) is 0 Å². The molecule has 1 aliphatic heterocycles. The molecular weight excluding hydrogens is 254 g/mol. The van der Waals surface area contributed by atoms with E-state index in [9.17, 15) is 9.59 Å². The van der Waals surface area contributed by atoms with E-state index in [1.165, 1.54) is 0 Å². The Bertz CT molecular complexity index is 478. The van der Waals surface area contributed by atoms with E-state index < -0.39 is 17.7 Å². The lowest BCUT2D eigenvalue weighted by atomic mass is 10.1. The molecule has 2 rings (SSSR count). The van der Waals surface area contributed by atoms with Gasteiger partial charge in [0.25, 0.3) is 0 Å². The highest BCUT2D eigenvalue weighted by Crippen LogP contribution is 2.36. The fourth-order valence-electron chi connectivity index (χ4n) is 2.55. The molecule has 20 heavy (non-hydrogen) atoms. The number of ether oxygens (including phenoxy) is 1. The Hall–Kier alpha value is -1.84. The fourth-order valence-corrected chi connectivity index (χ4v) is 2.55. The third-order valence-electron chi connectivity index (χ3n) is 3.37. The molecular formula is C16H21NO3. The highest BCUT2D eigenvalue weighted by Gasteiger charge is 2.39. The van der Waals surface area contributed by atoms with Crippen molar-refractivity contribution in [3.8, 4) is 0 Å². The molecule has 0 spiro atoms. The maximum atomic E-state index is 12.4. The highest BCUT2D eigenvalue weighted by atomic mass is 16.6.